The number of unbranched alkanes of at least 4 members (excludes halogenated alkanes) is 1. The van der Waals surface area contributed by atoms with Crippen LogP contribution in [0.25, 0.3) is 10.9 Å². The molecule has 1 aliphatic rings. The fourth-order valence-electron chi connectivity index (χ4n) is 2.55. The Balaban J connectivity index is 2.21. The molecule has 1 aliphatic heterocycles. The number of fused-ring (bicyclic) bond motifs is 1. The maximum absolute atomic E-state index is 12.8. The lowest BCUT2D eigenvalue weighted by Gasteiger charge is -2.35. The van der Waals surface area contributed by atoms with E-state index in [0.717, 1.165) is 0 Å². The van der Waals surface area contributed by atoms with Crippen molar-refractivity contribution in [3.8, 4) is 11.5 Å². The number of aliphatic hydroxyl groups excluding tert-OH is 1. The first-order chi connectivity index (χ1) is 16.6. The Labute approximate surface area is 175 Å². The Bertz CT molecular complexity index is 1140. The van der Waals surface area contributed by atoms with E-state index < -0.39 is 44.3 Å². The van der Waals surface area contributed by atoms with E-state index in [-0.39, 0.29) is 51.7 Å². The molecule has 2 heterocycles. The van der Waals surface area contributed by atoms with Gasteiger partial charge in [-0.15, -0.1) is 0 Å². The first kappa shape index (κ1) is 11.9. The SMILES string of the molecule is [2H]C1([2H])N(C(=O)CCCCO)C([2H])([2H])C([2H])([2H])N(c2nc(N)c3cc(OC)c(OC)cc3n2)C1([2H])[2H]. The monoisotopic (exact) mass is 397 g/mol. The molecule has 1 amide bonds. The van der Waals surface area contributed by atoms with Crippen LogP contribution in [0.15, 0.2) is 12.1 Å². The molecule has 152 valence electrons. The normalized spacial score (nSPS) is 25.8. The summed E-state index contributed by atoms with van der Waals surface area (Å²) in [5.74, 6) is -1.60. The zero-order valence-corrected chi connectivity index (χ0v) is 15.5. The summed E-state index contributed by atoms with van der Waals surface area (Å²) in [7, 11) is 2.76. The number of nitrogens with zero attached hydrogens (tertiary/aromatic N) is 4. The second-order valence-corrected chi connectivity index (χ2v) is 5.83. The molecular weight excluding hydrogens is 362 g/mol. The number of carbonyl (C=O) groups excluding carboxylic acids is 1. The van der Waals surface area contributed by atoms with Gasteiger partial charge >= 0.3 is 0 Å². The minimum atomic E-state index is -3.37. The number of nitrogen functional groups attached to an aromatic ring is 1. The summed E-state index contributed by atoms with van der Waals surface area (Å²) in [5.41, 5.74) is 6.12. The third kappa shape index (κ3) is 4.19. The van der Waals surface area contributed by atoms with Crippen molar-refractivity contribution in [2.24, 2.45) is 0 Å². The topological polar surface area (TPSA) is 114 Å². The largest absolute Gasteiger partial charge is 0.493 e. The average Bonchev–Trinajstić information content (AvgIpc) is 2.77. The van der Waals surface area contributed by atoms with E-state index in [2.05, 4.69) is 9.97 Å². The van der Waals surface area contributed by atoms with Crippen LogP contribution < -0.4 is 20.1 Å². The van der Waals surface area contributed by atoms with Crippen molar-refractivity contribution in [3.05, 3.63) is 12.1 Å². The van der Waals surface area contributed by atoms with E-state index in [1.807, 2.05) is 0 Å². The van der Waals surface area contributed by atoms with Crippen molar-refractivity contribution in [1.82, 2.24) is 14.9 Å². The summed E-state index contributed by atoms with van der Waals surface area (Å²) in [6.07, 6.45) is -0.175. The van der Waals surface area contributed by atoms with Gasteiger partial charge in [0.25, 0.3) is 0 Å². The summed E-state index contributed by atoms with van der Waals surface area (Å²) in [6.45, 7) is -13.7. The highest BCUT2D eigenvalue weighted by molar-refractivity contribution is 5.91. The van der Waals surface area contributed by atoms with Crippen LogP contribution in [0, 0.1) is 0 Å². The molecule has 0 spiro atoms. The van der Waals surface area contributed by atoms with E-state index in [9.17, 15) is 4.79 Å². The van der Waals surface area contributed by atoms with Crippen LogP contribution in [0.1, 0.15) is 30.2 Å². The zero-order valence-electron chi connectivity index (χ0n) is 23.5. The molecule has 3 N–H and O–H groups in total. The molecule has 2 aromatic rings. The minimum Gasteiger partial charge on any atom is -0.493 e. The number of nitrogens with two attached hydrogens (primary N) is 1. The number of carbonyl (C=O) groups is 1. The van der Waals surface area contributed by atoms with Crippen molar-refractivity contribution in [1.29, 1.82) is 0 Å². The highest BCUT2D eigenvalue weighted by atomic mass is 16.5. The molecule has 1 aromatic carbocycles. The van der Waals surface area contributed by atoms with E-state index in [4.69, 9.17) is 31.3 Å². The zero-order chi connectivity index (χ0) is 27.3. The van der Waals surface area contributed by atoms with Crippen LogP contribution in [0.2, 0.25) is 0 Å². The Morgan fingerprint density at radius 3 is 2.50 bits per heavy atom. The Morgan fingerprint density at radius 1 is 1.18 bits per heavy atom. The van der Waals surface area contributed by atoms with Gasteiger partial charge in [0.05, 0.1) is 30.7 Å². The van der Waals surface area contributed by atoms with Crippen molar-refractivity contribution in [2.75, 3.05) is 57.4 Å². The van der Waals surface area contributed by atoms with Crippen molar-refractivity contribution >= 4 is 28.6 Å². The number of aliphatic hydroxyl groups is 1. The number of methoxy groups -OCH3 is 2. The van der Waals surface area contributed by atoms with Crippen LogP contribution in [0.3, 0.4) is 0 Å². The molecule has 0 radical (unpaired) electrons. The number of benzene rings is 1. The maximum Gasteiger partial charge on any atom is 0.228 e. The van der Waals surface area contributed by atoms with Gasteiger partial charge in [-0.05, 0) is 18.9 Å². The predicted molar refractivity (Wildman–Crippen MR) is 107 cm³/mol. The van der Waals surface area contributed by atoms with Crippen LogP contribution in [0.5, 0.6) is 11.5 Å². The van der Waals surface area contributed by atoms with Crippen molar-refractivity contribution in [2.45, 2.75) is 19.3 Å². The summed E-state index contributed by atoms with van der Waals surface area (Å²) in [5, 5.41) is 9.19. The fourth-order valence-corrected chi connectivity index (χ4v) is 2.55. The Kier molecular flexibility index (Phi) is 3.79. The van der Waals surface area contributed by atoms with Gasteiger partial charge in [-0.2, -0.15) is 4.98 Å². The van der Waals surface area contributed by atoms with Gasteiger partial charge < -0.3 is 30.1 Å². The van der Waals surface area contributed by atoms with Gasteiger partial charge in [0.15, 0.2) is 11.5 Å². The molecule has 0 unspecified atom stereocenters. The molecule has 9 nitrogen and oxygen atoms in total. The molecule has 0 saturated carbocycles. The standard InChI is InChI=1S/C19H27N5O4/c1-27-15-11-13-14(12-16(15)28-2)21-19(22-18(13)20)24-8-6-23(7-9-24)17(26)5-3-4-10-25/h11-12,25H,3-10H2,1-2H3,(H2,20,21,22)/i6D2,7D2,8D2,9D2. The van der Waals surface area contributed by atoms with Crippen LogP contribution in [0.4, 0.5) is 11.8 Å². The second-order valence-electron chi connectivity index (χ2n) is 5.83. The highest BCUT2D eigenvalue weighted by Crippen LogP contribution is 2.34. The number of rotatable bonds is 7. The molecule has 0 bridgehead atoms. The van der Waals surface area contributed by atoms with Gasteiger partial charge in [-0.1, -0.05) is 0 Å². The first-order valence-electron chi connectivity index (χ1n) is 12.5. The lowest BCUT2D eigenvalue weighted by atomic mass is 10.2. The highest BCUT2D eigenvalue weighted by Gasteiger charge is 2.23. The Morgan fingerprint density at radius 2 is 1.86 bits per heavy atom. The molecule has 1 fully saturated rings. The van der Waals surface area contributed by atoms with Crippen LogP contribution >= 0.6 is 0 Å². The van der Waals surface area contributed by atoms with E-state index in [1.165, 1.54) is 26.4 Å². The predicted octanol–water partition coefficient (Wildman–Crippen LogP) is 1.04. The number of amides is 1. The van der Waals surface area contributed by atoms with Crippen LogP contribution in [-0.4, -0.2) is 72.7 Å². The van der Waals surface area contributed by atoms with Gasteiger partial charge in [-0.25, -0.2) is 4.98 Å². The van der Waals surface area contributed by atoms with Crippen molar-refractivity contribution < 1.29 is 30.3 Å². The third-order valence-electron chi connectivity index (χ3n) is 4.01. The third-order valence-corrected chi connectivity index (χ3v) is 4.01. The summed E-state index contributed by atoms with van der Waals surface area (Å²) in [4.78, 5) is 21.0. The lowest BCUT2D eigenvalue weighted by molar-refractivity contribution is -0.131. The van der Waals surface area contributed by atoms with Gasteiger partial charge in [0.1, 0.15) is 5.82 Å². The molecule has 9 heteroatoms. The Hall–Kier alpha value is -2.81. The van der Waals surface area contributed by atoms with E-state index >= 15 is 0 Å². The van der Waals surface area contributed by atoms with E-state index in [0.29, 0.717) is 5.75 Å². The molecule has 0 atom stereocenters. The molecule has 0 aliphatic carbocycles. The molecular formula is C19H27N5O4. The summed E-state index contributed by atoms with van der Waals surface area (Å²) >= 11 is 0. The molecule has 3 rings (SSSR count). The summed E-state index contributed by atoms with van der Waals surface area (Å²) < 4.78 is 78.2. The quantitative estimate of drug-likeness (QED) is 0.666. The first-order valence-corrected chi connectivity index (χ1v) is 8.53. The number of hydrogen-bond acceptors (Lipinski definition) is 8. The van der Waals surface area contributed by atoms with E-state index in [1.54, 1.807) is 0 Å². The van der Waals surface area contributed by atoms with Crippen LogP contribution in [-0.2, 0) is 4.79 Å². The van der Waals surface area contributed by atoms with Gasteiger partial charge in [0.2, 0.25) is 11.9 Å². The number of piperazine rings is 1. The smallest absolute Gasteiger partial charge is 0.228 e. The second kappa shape index (κ2) is 8.92. The fraction of sp³-hybridized carbons (Fsp3) is 0.526. The number of anilines is 2. The number of hydrogen-bond donors (Lipinski definition) is 2. The molecule has 1 aromatic heterocycles. The number of aromatic nitrogens is 2. The number of ether oxygens (including phenoxy) is 2. The van der Waals surface area contributed by atoms with Crippen molar-refractivity contribution in [3.63, 3.8) is 0 Å². The molecule has 28 heavy (non-hydrogen) atoms. The summed E-state index contributed by atoms with van der Waals surface area (Å²) in [6, 6.07) is 2.84. The molecule has 1 saturated heterocycles. The average molecular weight is 398 g/mol. The van der Waals surface area contributed by atoms with Gasteiger partial charge in [-0.3, -0.25) is 4.79 Å². The van der Waals surface area contributed by atoms with Gasteiger partial charge in [0, 0.05) is 50.5 Å². The maximum atomic E-state index is 12.8. The minimum absolute atomic E-state index is 0.0494. The lowest BCUT2D eigenvalue weighted by Crippen LogP contribution is -2.49.